The van der Waals surface area contributed by atoms with Gasteiger partial charge in [-0.2, -0.15) is 0 Å². The highest BCUT2D eigenvalue weighted by atomic mass is 127. The first-order chi connectivity index (χ1) is 12.0. The van der Waals surface area contributed by atoms with Crippen molar-refractivity contribution in [1.82, 2.24) is 0 Å². The molecule has 0 heterocycles. The molecule has 2 aromatic carbocycles. The number of alkyl halides is 1. The normalized spacial score (nSPS) is 22.3. The Balaban J connectivity index is 0.00000243. The Kier molecular flexibility index (Phi) is 7.25. The van der Waals surface area contributed by atoms with Crippen LogP contribution < -0.4 is 11.1 Å². The molecule has 140 valence electrons. The van der Waals surface area contributed by atoms with Crippen molar-refractivity contribution in [1.29, 1.82) is 0 Å². The van der Waals surface area contributed by atoms with E-state index in [4.69, 9.17) is 22.1 Å². The minimum Gasteiger partial charge on any atom is -0.380 e. The van der Waals surface area contributed by atoms with Gasteiger partial charge < -0.3 is 15.8 Å². The van der Waals surface area contributed by atoms with E-state index in [0.717, 1.165) is 11.3 Å². The highest BCUT2D eigenvalue weighted by Crippen LogP contribution is 2.47. The van der Waals surface area contributed by atoms with Gasteiger partial charge in [-0.25, -0.2) is 9.38 Å². The Morgan fingerprint density at radius 2 is 2.04 bits per heavy atom. The van der Waals surface area contributed by atoms with Crippen molar-refractivity contribution in [3.8, 4) is 0 Å². The molecule has 0 unspecified atom stereocenters. The molecule has 2 aromatic rings. The number of nitrogens with zero attached hydrogens (tertiary/aromatic N) is 1. The van der Waals surface area contributed by atoms with Crippen LogP contribution in [0.25, 0.3) is 0 Å². The quantitative estimate of drug-likeness (QED) is 0.358. The van der Waals surface area contributed by atoms with Crippen LogP contribution in [-0.2, 0) is 17.0 Å². The van der Waals surface area contributed by atoms with Gasteiger partial charge in [0.2, 0.25) is 0 Å². The number of anilines is 1. The Labute approximate surface area is 175 Å². The molecule has 0 radical (unpaired) electrons. The van der Waals surface area contributed by atoms with E-state index in [9.17, 15) is 4.39 Å². The molecule has 0 aromatic heterocycles. The largest absolute Gasteiger partial charge is 0.380 e. The predicted molar refractivity (Wildman–Crippen MR) is 115 cm³/mol. The van der Waals surface area contributed by atoms with Crippen molar-refractivity contribution < 1.29 is 9.13 Å². The van der Waals surface area contributed by atoms with Crippen molar-refractivity contribution in [2.24, 2.45) is 10.7 Å². The van der Waals surface area contributed by atoms with Gasteiger partial charge in [0.05, 0.1) is 12.6 Å². The number of guanidine groups is 1. The number of ether oxygens (including phenoxy) is 1. The van der Waals surface area contributed by atoms with Crippen molar-refractivity contribution in [2.45, 2.75) is 31.2 Å². The van der Waals surface area contributed by atoms with Crippen molar-refractivity contribution in [3.63, 3.8) is 0 Å². The van der Waals surface area contributed by atoms with Crippen LogP contribution in [0, 0.1) is 0 Å². The Hall–Kier alpha value is -1.38. The molecule has 3 N–H and O–H groups in total. The van der Waals surface area contributed by atoms with Crippen LogP contribution in [0.2, 0.25) is 5.02 Å². The van der Waals surface area contributed by atoms with Crippen LogP contribution in [0.15, 0.2) is 53.5 Å². The van der Waals surface area contributed by atoms with Gasteiger partial charge in [0, 0.05) is 36.2 Å². The van der Waals surface area contributed by atoms with E-state index in [2.05, 4.69) is 10.3 Å². The van der Waals surface area contributed by atoms with Crippen molar-refractivity contribution in [3.05, 3.63) is 64.7 Å². The zero-order valence-corrected chi connectivity index (χ0v) is 17.5. The number of hydrogen-bond donors (Lipinski definition) is 2. The molecular weight excluding hydrogens is 468 g/mol. The van der Waals surface area contributed by atoms with Crippen molar-refractivity contribution in [2.75, 3.05) is 12.4 Å². The van der Waals surface area contributed by atoms with E-state index in [0.29, 0.717) is 30.0 Å². The molecule has 0 saturated heterocycles. The molecule has 26 heavy (non-hydrogen) atoms. The van der Waals surface area contributed by atoms with E-state index in [1.165, 1.54) is 0 Å². The summed E-state index contributed by atoms with van der Waals surface area (Å²) in [6, 6.07) is 14.5. The number of nitrogens with two attached hydrogens (primary N) is 1. The zero-order valence-electron chi connectivity index (χ0n) is 14.4. The number of nitrogens with one attached hydrogen (secondary N) is 1. The number of hydrogen-bond acceptors (Lipinski definition) is 2. The highest BCUT2D eigenvalue weighted by Gasteiger charge is 2.46. The van der Waals surface area contributed by atoms with Crippen LogP contribution in [0.5, 0.6) is 0 Å². The van der Waals surface area contributed by atoms with Gasteiger partial charge in [0.1, 0.15) is 5.67 Å². The summed E-state index contributed by atoms with van der Waals surface area (Å²) in [5, 5.41) is 3.61. The van der Waals surface area contributed by atoms with Gasteiger partial charge in [0.25, 0.3) is 0 Å². The fraction of sp³-hybridized carbons (Fsp3) is 0.316. The smallest absolute Gasteiger partial charge is 0.193 e. The molecule has 0 spiro atoms. The predicted octanol–water partition coefficient (Wildman–Crippen LogP) is 4.86. The molecule has 0 amide bonds. The monoisotopic (exact) mass is 489 g/mol. The SMILES string of the molecule is COCc1ccccc1NC(N)=NC1CC(F)(c2cccc(Cl)c2)C1.I. The lowest BCUT2D eigenvalue weighted by Gasteiger charge is -2.39. The third kappa shape index (κ3) is 4.86. The molecule has 1 aliphatic carbocycles. The lowest BCUT2D eigenvalue weighted by atomic mass is 9.73. The molecule has 0 atom stereocenters. The number of halogens is 3. The Morgan fingerprint density at radius 1 is 1.31 bits per heavy atom. The summed E-state index contributed by atoms with van der Waals surface area (Å²) in [7, 11) is 1.64. The minimum absolute atomic E-state index is 0. The highest BCUT2D eigenvalue weighted by molar-refractivity contribution is 14.0. The number of para-hydroxylation sites is 1. The third-order valence-electron chi connectivity index (χ3n) is 4.36. The van der Waals surface area contributed by atoms with E-state index in [1.54, 1.807) is 31.4 Å². The Bertz CT molecular complexity index is 781. The van der Waals surface area contributed by atoms with Gasteiger partial charge in [0.15, 0.2) is 5.96 Å². The van der Waals surface area contributed by atoms with Gasteiger partial charge in [-0.3, -0.25) is 0 Å². The van der Waals surface area contributed by atoms with Crippen LogP contribution in [0.4, 0.5) is 10.1 Å². The number of benzene rings is 2. The van der Waals surface area contributed by atoms with Gasteiger partial charge in [-0.05, 0) is 23.8 Å². The van der Waals surface area contributed by atoms with Crippen molar-refractivity contribution >= 4 is 47.2 Å². The molecule has 7 heteroatoms. The first-order valence-corrected chi connectivity index (χ1v) is 8.50. The molecule has 3 rings (SSSR count). The van der Waals surface area contributed by atoms with E-state index >= 15 is 0 Å². The molecule has 0 aliphatic heterocycles. The summed E-state index contributed by atoms with van der Waals surface area (Å²) in [5.74, 6) is 0.279. The fourth-order valence-electron chi connectivity index (χ4n) is 3.07. The van der Waals surface area contributed by atoms with E-state index < -0.39 is 5.67 Å². The number of rotatable bonds is 5. The van der Waals surface area contributed by atoms with Crippen LogP contribution in [0.1, 0.15) is 24.0 Å². The summed E-state index contributed by atoms with van der Waals surface area (Å²) in [4.78, 5) is 4.39. The fourth-order valence-corrected chi connectivity index (χ4v) is 3.26. The van der Waals surface area contributed by atoms with Crippen LogP contribution >= 0.6 is 35.6 Å². The zero-order chi connectivity index (χ0) is 17.9. The summed E-state index contributed by atoms with van der Waals surface area (Å²) in [5.41, 5.74) is 7.03. The second-order valence-corrected chi connectivity index (χ2v) is 6.70. The van der Waals surface area contributed by atoms with Gasteiger partial charge in [-0.15, -0.1) is 24.0 Å². The molecular formula is C19H22ClFIN3O. The second-order valence-electron chi connectivity index (χ2n) is 6.27. The lowest BCUT2D eigenvalue weighted by molar-refractivity contribution is 0.0415. The maximum atomic E-state index is 14.9. The summed E-state index contributed by atoms with van der Waals surface area (Å²) >= 11 is 5.95. The number of methoxy groups -OCH3 is 1. The Morgan fingerprint density at radius 3 is 2.73 bits per heavy atom. The second kappa shape index (κ2) is 9.01. The number of aliphatic imine (C=N–C) groups is 1. The van der Waals surface area contributed by atoms with Crippen LogP contribution in [-0.4, -0.2) is 19.1 Å². The maximum Gasteiger partial charge on any atom is 0.193 e. The molecule has 1 fully saturated rings. The standard InChI is InChI=1S/C19H21ClFN3O.HI/c1-25-12-13-5-2-3-8-17(13)24-18(22)23-16-10-19(21,11-16)14-6-4-7-15(20)9-14;/h2-9,16H,10-12H2,1H3,(H3,22,23,24);1H. The average molecular weight is 490 g/mol. The summed E-state index contributed by atoms with van der Waals surface area (Å²) in [6.45, 7) is 0.474. The first-order valence-electron chi connectivity index (χ1n) is 8.12. The molecule has 1 aliphatic rings. The first kappa shape index (κ1) is 20.9. The summed E-state index contributed by atoms with van der Waals surface area (Å²) < 4.78 is 20.1. The van der Waals surface area contributed by atoms with Gasteiger partial charge >= 0.3 is 0 Å². The molecule has 0 bridgehead atoms. The average Bonchev–Trinajstić information content (AvgIpc) is 2.55. The van der Waals surface area contributed by atoms with Gasteiger partial charge in [-0.1, -0.05) is 41.9 Å². The molecule has 1 saturated carbocycles. The van der Waals surface area contributed by atoms with E-state index in [-0.39, 0.29) is 36.0 Å². The van der Waals surface area contributed by atoms with E-state index in [1.807, 2.05) is 24.3 Å². The molecule has 4 nitrogen and oxygen atoms in total. The maximum absolute atomic E-state index is 14.9. The topological polar surface area (TPSA) is 59.6 Å². The third-order valence-corrected chi connectivity index (χ3v) is 4.60. The lowest BCUT2D eigenvalue weighted by Crippen LogP contribution is -2.41. The summed E-state index contributed by atoms with van der Waals surface area (Å²) in [6.07, 6.45) is 0.602. The minimum atomic E-state index is -1.38. The van der Waals surface area contributed by atoms with Crippen LogP contribution in [0.3, 0.4) is 0 Å².